The molecule has 3 atom stereocenters. The zero-order chi connectivity index (χ0) is 21.4. The molecule has 2 unspecified atom stereocenters. The first-order valence-corrected chi connectivity index (χ1v) is 9.70. The van der Waals surface area contributed by atoms with Crippen molar-refractivity contribution in [1.82, 2.24) is 5.32 Å². The summed E-state index contributed by atoms with van der Waals surface area (Å²) in [5.74, 6) is 2.53. The van der Waals surface area contributed by atoms with Gasteiger partial charge in [-0.15, -0.1) is 6.58 Å². The van der Waals surface area contributed by atoms with Crippen LogP contribution in [0, 0.1) is 11.8 Å². The van der Waals surface area contributed by atoms with Crippen molar-refractivity contribution < 1.29 is 19.5 Å². The van der Waals surface area contributed by atoms with E-state index >= 15 is 0 Å². The van der Waals surface area contributed by atoms with Crippen molar-refractivity contribution in [3.63, 3.8) is 0 Å². The third-order valence-electron chi connectivity index (χ3n) is 5.18. The van der Waals surface area contributed by atoms with Crippen LogP contribution in [0.4, 0.5) is 5.69 Å². The Morgan fingerprint density at radius 2 is 2.10 bits per heavy atom. The van der Waals surface area contributed by atoms with Gasteiger partial charge < -0.3 is 21.2 Å². The molecule has 1 aromatic carbocycles. The maximum absolute atomic E-state index is 12.9. The molecule has 156 valence electrons. The van der Waals surface area contributed by atoms with Gasteiger partial charge in [-0.2, -0.15) is 5.10 Å². The molecule has 8 nitrogen and oxygen atoms in total. The van der Waals surface area contributed by atoms with Crippen molar-refractivity contribution in [2.45, 2.75) is 38.6 Å². The van der Waals surface area contributed by atoms with Gasteiger partial charge in [0, 0.05) is 24.6 Å². The van der Waals surface area contributed by atoms with Gasteiger partial charge in [0.05, 0.1) is 18.2 Å². The fourth-order valence-corrected chi connectivity index (χ4v) is 3.60. The monoisotopic (exact) mass is 400 g/mol. The summed E-state index contributed by atoms with van der Waals surface area (Å²) in [7, 11) is 0. The van der Waals surface area contributed by atoms with Crippen molar-refractivity contribution in [1.29, 1.82) is 0 Å². The lowest BCUT2D eigenvalue weighted by molar-refractivity contribution is -0.142. The summed E-state index contributed by atoms with van der Waals surface area (Å²) < 4.78 is 0. The van der Waals surface area contributed by atoms with E-state index in [0.29, 0.717) is 19.4 Å². The molecule has 8 heteroatoms. The molecule has 4 N–H and O–H groups in total. The number of benzene rings is 1. The third-order valence-corrected chi connectivity index (χ3v) is 5.18. The molecule has 0 saturated carbocycles. The number of anilines is 1. The molecule has 29 heavy (non-hydrogen) atoms. The van der Waals surface area contributed by atoms with Crippen LogP contribution in [-0.2, 0) is 14.4 Å². The summed E-state index contributed by atoms with van der Waals surface area (Å²) in [6.07, 6.45) is 4.75. The standard InChI is InChI=1S/C21H28N4O4/c1-3-17(21(28)29)18(4-2)24-19(26)12-15-6-5-11-25(20(15)27)16-9-7-14(8-10-16)13-23-22/h4,7-10,13,15,17-18H,2-3,5-6,11-12,22H2,1H3,(H,24,26)(H,28,29)/t15?,17?,18-/m0/s1. The molecule has 1 saturated heterocycles. The maximum Gasteiger partial charge on any atom is 0.308 e. The molecular formula is C21H28N4O4. The Bertz CT molecular complexity index is 775. The van der Waals surface area contributed by atoms with Crippen LogP contribution >= 0.6 is 0 Å². The van der Waals surface area contributed by atoms with E-state index in [2.05, 4.69) is 17.0 Å². The molecular weight excluding hydrogens is 372 g/mol. The first kappa shape index (κ1) is 22.1. The minimum absolute atomic E-state index is 0.0215. The molecule has 1 aliphatic rings. The van der Waals surface area contributed by atoms with E-state index in [1.165, 1.54) is 12.3 Å². The predicted molar refractivity (Wildman–Crippen MR) is 111 cm³/mol. The number of hydrazone groups is 1. The summed E-state index contributed by atoms with van der Waals surface area (Å²) in [5, 5.41) is 15.5. The van der Waals surface area contributed by atoms with Crippen molar-refractivity contribution in [3.8, 4) is 0 Å². The Balaban J connectivity index is 2.03. The van der Waals surface area contributed by atoms with Crippen LogP contribution in [0.5, 0.6) is 0 Å². The molecule has 0 aromatic heterocycles. The lowest BCUT2D eigenvalue weighted by Gasteiger charge is -2.32. The summed E-state index contributed by atoms with van der Waals surface area (Å²) in [6, 6.07) is 6.62. The normalized spacial score (nSPS) is 19.0. The molecule has 1 fully saturated rings. The molecule has 0 bridgehead atoms. The van der Waals surface area contributed by atoms with Gasteiger partial charge in [0.2, 0.25) is 11.8 Å². The highest BCUT2D eigenvalue weighted by atomic mass is 16.4. The van der Waals surface area contributed by atoms with Crippen LogP contribution < -0.4 is 16.1 Å². The van der Waals surface area contributed by atoms with Gasteiger partial charge >= 0.3 is 5.97 Å². The number of carboxylic acid groups (broad SMARTS) is 1. The maximum atomic E-state index is 12.9. The minimum atomic E-state index is -0.985. The Kier molecular flexibility index (Phi) is 7.94. The van der Waals surface area contributed by atoms with Crippen LogP contribution in [0.3, 0.4) is 0 Å². The van der Waals surface area contributed by atoms with Gasteiger partial charge in [-0.25, -0.2) is 0 Å². The van der Waals surface area contributed by atoms with E-state index in [0.717, 1.165) is 17.7 Å². The number of nitrogens with two attached hydrogens (primary N) is 1. The fourth-order valence-electron chi connectivity index (χ4n) is 3.60. The third kappa shape index (κ3) is 5.66. The molecule has 0 radical (unpaired) electrons. The van der Waals surface area contributed by atoms with Crippen LogP contribution in [0.1, 0.15) is 38.2 Å². The summed E-state index contributed by atoms with van der Waals surface area (Å²) >= 11 is 0. The number of hydrogen-bond donors (Lipinski definition) is 3. The number of rotatable bonds is 9. The van der Waals surface area contributed by atoms with E-state index in [9.17, 15) is 19.5 Å². The zero-order valence-electron chi connectivity index (χ0n) is 16.6. The Labute approximate surface area is 170 Å². The first-order chi connectivity index (χ1) is 13.9. The Hall–Kier alpha value is -3.16. The molecule has 2 rings (SSSR count). The SMILES string of the molecule is C=C[C@H](NC(=O)CC1CCCN(c2ccc(C=NN)cc2)C1=O)C(CC)C(=O)O. The number of piperidine rings is 1. The van der Waals surface area contributed by atoms with Crippen molar-refractivity contribution >= 4 is 29.7 Å². The second-order valence-corrected chi connectivity index (χ2v) is 7.08. The lowest BCUT2D eigenvalue weighted by Crippen LogP contribution is -2.46. The van der Waals surface area contributed by atoms with E-state index in [1.807, 2.05) is 24.3 Å². The quantitative estimate of drug-likeness (QED) is 0.253. The molecule has 2 amide bonds. The number of amides is 2. The largest absolute Gasteiger partial charge is 0.481 e. The number of carbonyl (C=O) groups excluding carboxylic acids is 2. The first-order valence-electron chi connectivity index (χ1n) is 9.70. The van der Waals surface area contributed by atoms with Crippen LogP contribution in [0.2, 0.25) is 0 Å². The van der Waals surface area contributed by atoms with Crippen LogP contribution in [0.15, 0.2) is 42.0 Å². The van der Waals surface area contributed by atoms with Gasteiger partial charge in [0.25, 0.3) is 0 Å². The Morgan fingerprint density at radius 1 is 1.41 bits per heavy atom. The topological polar surface area (TPSA) is 125 Å². The molecule has 0 spiro atoms. The molecule has 1 heterocycles. The van der Waals surface area contributed by atoms with Crippen molar-refractivity contribution in [2.75, 3.05) is 11.4 Å². The highest BCUT2D eigenvalue weighted by molar-refractivity contribution is 5.98. The number of nitrogens with zero attached hydrogens (tertiary/aromatic N) is 2. The van der Waals surface area contributed by atoms with Crippen LogP contribution in [-0.4, -0.2) is 41.7 Å². The van der Waals surface area contributed by atoms with Gasteiger partial charge in [0.15, 0.2) is 0 Å². The highest BCUT2D eigenvalue weighted by Crippen LogP contribution is 2.26. The van der Waals surface area contributed by atoms with E-state index in [-0.39, 0.29) is 18.2 Å². The number of nitrogens with one attached hydrogen (secondary N) is 1. The molecule has 1 aliphatic heterocycles. The fraction of sp³-hybridized carbons (Fsp3) is 0.429. The minimum Gasteiger partial charge on any atom is -0.481 e. The van der Waals surface area contributed by atoms with Gasteiger partial charge in [-0.1, -0.05) is 25.1 Å². The number of carboxylic acids is 1. The van der Waals surface area contributed by atoms with Gasteiger partial charge in [0.1, 0.15) is 0 Å². The smallest absolute Gasteiger partial charge is 0.308 e. The second kappa shape index (κ2) is 10.4. The van der Waals surface area contributed by atoms with E-state index in [1.54, 1.807) is 11.8 Å². The number of carbonyl (C=O) groups is 3. The predicted octanol–water partition coefficient (Wildman–Crippen LogP) is 1.89. The summed E-state index contributed by atoms with van der Waals surface area (Å²) in [5.41, 5.74) is 1.59. The molecule has 1 aromatic rings. The van der Waals surface area contributed by atoms with Crippen LogP contribution in [0.25, 0.3) is 0 Å². The lowest BCUT2D eigenvalue weighted by atomic mass is 9.92. The summed E-state index contributed by atoms with van der Waals surface area (Å²) in [4.78, 5) is 38.4. The van der Waals surface area contributed by atoms with E-state index in [4.69, 9.17) is 5.84 Å². The second-order valence-electron chi connectivity index (χ2n) is 7.08. The zero-order valence-corrected chi connectivity index (χ0v) is 16.6. The van der Waals surface area contributed by atoms with Crippen molar-refractivity contribution in [3.05, 3.63) is 42.5 Å². The number of hydrogen-bond acceptors (Lipinski definition) is 5. The number of aliphatic carboxylic acids is 1. The highest BCUT2D eigenvalue weighted by Gasteiger charge is 2.32. The Morgan fingerprint density at radius 3 is 2.66 bits per heavy atom. The van der Waals surface area contributed by atoms with Gasteiger partial charge in [-0.05, 0) is 37.0 Å². The summed E-state index contributed by atoms with van der Waals surface area (Å²) in [6.45, 7) is 5.96. The van der Waals surface area contributed by atoms with Crippen molar-refractivity contribution in [2.24, 2.45) is 22.8 Å². The average Bonchev–Trinajstić information content (AvgIpc) is 2.70. The molecule has 0 aliphatic carbocycles. The van der Waals surface area contributed by atoms with E-state index < -0.39 is 23.8 Å². The van der Waals surface area contributed by atoms with Gasteiger partial charge in [-0.3, -0.25) is 14.4 Å². The average molecular weight is 400 g/mol.